The molecule has 1 amide bonds. The van der Waals surface area contributed by atoms with Gasteiger partial charge in [0, 0.05) is 44.1 Å². The second kappa shape index (κ2) is 7.75. The van der Waals surface area contributed by atoms with E-state index in [4.69, 9.17) is 4.74 Å². The van der Waals surface area contributed by atoms with Gasteiger partial charge in [0.1, 0.15) is 11.4 Å². The van der Waals surface area contributed by atoms with E-state index in [1.807, 2.05) is 4.90 Å². The van der Waals surface area contributed by atoms with Crippen LogP contribution in [0.2, 0.25) is 0 Å². The van der Waals surface area contributed by atoms with Crippen molar-refractivity contribution in [2.75, 3.05) is 26.7 Å². The lowest BCUT2D eigenvalue weighted by atomic mass is 9.74. The van der Waals surface area contributed by atoms with E-state index in [0.29, 0.717) is 29.6 Å². The Morgan fingerprint density at radius 3 is 2.72 bits per heavy atom. The van der Waals surface area contributed by atoms with Crippen molar-refractivity contribution in [3.8, 4) is 5.75 Å². The number of aromatic nitrogens is 2. The number of carbonyl (C=O) groups is 1. The molecule has 6 heteroatoms. The lowest BCUT2D eigenvalue weighted by Crippen LogP contribution is -2.60. The van der Waals surface area contributed by atoms with Crippen LogP contribution in [0.4, 0.5) is 0 Å². The maximum absolute atomic E-state index is 12.9. The molecule has 1 aromatic carbocycles. The van der Waals surface area contributed by atoms with Crippen molar-refractivity contribution >= 4 is 5.91 Å². The first-order valence-electron chi connectivity index (χ1n) is 10.7. The zero-order chi connectivity index (χ0) is 19.8. The molecule has 6 nitrogen and oxygen atoms in total. The number of nitrogens with zero attached hydrogens (tertiary/aromatic N) is 4. The Morgan fingerprint density at radius 2 is 1.97 bits per heavy atom. The Labute approximate surface area is 171 Å². The van der Waals surface area contributed by atoms with Gasteiger partial charge in [0.05, 0.1) is 13.3 Å². The lowest BCUT2D eigenvalue weighted by Gasteiger charge is -2.55. The van der Waals surface area contributed by atoms with Gasteiger partial charge in [-0.05, 0) is 55.2 Å². The summed E-state index contributed by atoms with van der Waals surface area (Å²) in [7, 11) is 1.71. The monoisotopic (exact) mass is 392 g/mol. The van der Waals surface area contributed by atoms with Crippen molar-refractivity contribution in [3.63, 3.8) is 0 Å². The first-order chi connectivity index (χ1) is 14.2. The Balaban J connectivity index is 1.34. The quantitative estimate of drug-likeness (QED) is 0.803. The maximum atomic E-state index is 12.9. The van der Waals surface area contributed by atoms with Gasteiger partial charge in [-0.1, -0.05) is 12.1 Å². The van der Waals surface area contributed by atoms with E-state index in [9.17, 15) is 4.79 Å². The summed E-state index contributed by atoms with van der Waals surface area (Å²) in [6, 6.07) is 9.63. The van der Waals surface area contributed by atoms with Crippen molar-refractivity contribution in [1.29, 1.82) is 0 Å². The first kappa shape index (κ1) is 18.6. The van der Waals surface area contributed by atoms with Gasteiger partial charge >= 0.3 is 0 Å². The molecule has 2 aromatic rings. The number of benzene rings is 1. The fraction of sp³-hybridized carbons (Fsp3) is 0.522. The number of fused-ring (bicyclic) bond motifs is 4. The van der Waals surface area contributed by atoms with Gasteiger partial charge in [0.25, 0.3) is 5.91 Å². The van der Waals surface area contributed by atoms with Crippen molar-refractivity contribution in [2.24, 2.45) is 11.8 Å². The summed E-state index contributed by atoms with van der Waals surface area (Å²) >= 11 is 0. The van der Waals surface area contributed by atoms with Crippen molar-refractivity contribution < 1.29 is 9.53 Å². The molecule has 0 N–H and O–H groups in total. The molecule has 4 heterocycles. The Bertz CT molecular complexity index is 857. The summed E-state index contributed by atoms with van der Waals surface area (Å²) < 4.78 is 5.33. The molecule has 3 fully saturated rings. The molecule has 3 saturated heterocycles. The van der Waals surface area contributed by atoms with Gasteiger partial charge in [-0.15, -0.1) is 0 Å². The van der Waals surface area contributed by atoms with Crippen LogP contribution in [0.1, 0.15) is 47.8 Å². The number of carbonyl (C=O) groups excluding carboxylic acids is 1. The van der Waals surface area contributed by atoms with E-state index in [1.54, 1.807) is 25.7 Å². The molecule has 0 radical (unpaired) electrons. The zero-order valence-corrected chi connectivity index (χ0v) is 16.9. The van der Waals surface area contributed by atoms with Crippen LogP contribution in [0, 0.1) is 11.8 Å². The molecule has 1 aromatic heterocycles. The SMILES string of the molecule is COc1ccc([C@H]2CCC[C@H]3[C@@H]4C[C@@H](CN(C(=O)c5cnccn5)C4)CN23)cc1. The van der Waals surface area contributed by atoms with Crippen LogP contribution in [0.5, 0.6) is 5.75 Å². The van der Waals surface area contributed by atoms with Crippen molar-refractivity contribution in [2.45, 2.75) is 37.8 Å². The zero-order valence-electron chi connectivity index (χ0n) is 16.9. The van der Waals surface area contributed by atoms with Crippen LogP contribution >= 0.6 is 0 Å². The number of amides is 1. The van der Waals surface area contributed by atoms with Gasteiger partial charge in [0.2, 0.25) is 0 Å². The van der Waals surface area contributed by atoms with Crippen LogP contribution in [0.15, 0.2) is 42.9 Å². The second-order valence-electron chi connectivity index (χ2n) is 8.65. The molecule has 152 valence electrons. The van der Waals surface area contributed by atoms with Crippen LogP contribution in [-0.4, -0.2) is 58.5 Å². The Hall–Kier alpha value is -2.47. The van der Waals surface area contributed by atoms with Gasteiger partial charge < -0.3 is 9.64 Å². The van der Waals surface area contributed by atoms with E-state index in [2.05, 4.69) is 39.1 Å². The number of rotatable bonds is 3. The third-order valence-corrected chi connectivity index (χ3v) is 6.96. The minimum absolute atomic E-state index is 0.0313. The molecule has 5 rings (SSSR count). The average molecular weight is 393 g/mol. The Kier molecular flexibility index (Phi) is 4.96. The normalized spacial score (nSPS) is 29.2. The average Bonchev–Trinajstić information content (AvgIpc) is 2.79. The summed E-state index contributed by atoms with van der Waals surface area (Å²) in [4.78, 5) is 26.0. The van der Waals surface area contributed by atoms with E-state index in [-0.39, 0.29) is 5.91 Å². The number of methoxy groups -OCH3 is 1. The molecular formula is C23H28N4O2. The lowest BCUT2D eigenvalue weighted by molar-refractivity contribution is -0.0512. The smallest absolute Gasteiger partial charge is 0.274 e. The predicted molar refractivity (Wildman–Crippen MR) is 110 cm³/mol. The highest BCUT2D eigenvalue weighted by molar-refractivity contribution is 5.92. The Morgan fingerprint density at radius 1 is 1.10 bits per heavy atom. The maximum Gasteiger partial charge on any atom is 0.274 e. The fourth-order valence-corrected chi connectivity index (χ4v) is 5.73. The standard InChI is InChI=1S/C23H28N4O2/c1-29-19-7-5-17(6-8-19)21-3-2-4-22-18-11-16(14-27(21)22)13-26(15-18)23(28)20-12-24-9-10-25-20/h5-10,12,16,18,21-22H,2-4,11,13-15H2,1H3/t16-,18+,21+,22-/m0/s1. The fourth-order valence-electron chi connectivity index (χ4n) is 5.73. The summed E-state index contributed by atoms with van der Waals surface area (Å²) in [5.41, 5.74) is 1.85. The first-order valence-corrected chi connectivity index (χ1v) is 10.7. The summed E-state index contributed by atoms with van der Waals surface area (Å²) in [6.45, 7) is 2.73. The number of hydrogen-bond acceptors (Lipinski definition) is 5. The highest BCUT2D eigenvalue weighted by atomic mass is 16.5. The molecule has 2 bridgehead atoms. The van der Waals surface area contributed by atoms with E-state index >= 15 is 0 Å². The van der Waals surface area contributed by atoms with Crippen molar-refractivity contribution in [1.82, 2.24) is 19.8 Å². The minimum Gasteiger partial charge on any atom is -0.497 e. The third-order valence-electron chi connectivity index (χ3n) is 6.96. The number of piperidine rings is 3. The van der Waals surface area contributed by atoms with Gasteiger partial charge in [-0.25, -0.2) is 4.98 Å². The molecule has 3 aliphatic heterocycles. The van der Waals surface area contributed by atoms with Gasteiger partial charge in [-0.3, -0.25) is 14.7 Å². The predicted octanol–water partition coefficient (Wildman–Crippen LogP) is 3.17. The summed E-state index contributed by atoms with van der Waals surface area (Å²) in [5, 5.41) is 0. The summed E-state index contributed by atoms with van der Waals surface area (Å²) in [5.74, 6) is 2.02. The number of likely N-dealkylation sites (tertiary alicyclic amines) is 1. The van der Waals surface area contributed by atoms with E-state index < -0.39 is 0 Å². The summed E-state index contributed by atoms with van der Waals surface area (Å²) in [6.07, 6.45) is 9.72. The highest BCUT2D eigenvalue weighted by Gasteiger charge is 2.45. The molecule has 0 aliphatic carbocycles. The molecule has 0 unspecified atom stereocenters. The topological polar surface area (TPSA) is 58.6 Å². The van der Waals surface area contributed by atoms with Crippen LogP contribution < -0.4 is 4.74 Å². The van der Waals surface area contributed by atoms with Crippen LogP contribution in [-0.2, 0) is 0 Å². The van der Waals surface area contributed by atoms with E-state index in [0.717, 1.165) is 25.4 Å². The molecule has 3 aliphatic rings. The molecular weight excluding hydrogens is 364 g/mol. The van der Waals surface area contributed by atoms with Gasteiger partial charge in [0.15, 0.2) is 0 Å². The number of hydrogen-bond donors (Lipinski definition) is 0. The van der Waals surface area contributed by atoms with Crippen LogP contribution in [0.25, 0.3) is 0 Å². The molecule has 0 spiro atoms. The number of ether oxygens (including phenoxy) is 1. The van der Waals surface area contributed by atoms with Gasteiger partial charge in [-0.2, -0.15) is 0 Å². The van der Waals surface area contributed by atoms with Crippen LogP contribution in [0.3, 0.4) is 0 Å². The molecule has 4 atom stereocenters. The minimum atomic E-state index is 0.0313. The molecule has 0 saturated carbocycles. The largest absolute Gasteiger partial charge is 0.497 e. The second-order valence-corrected chi connectivity index (χ2v) is 8.65. The van der Waals surface area contributed by atoms with Crippen molar-refractivity contribution in [3.05, 3.63) is 54.1 Å². The third kappa shape index (κ3) is 3.50. The van der Waals surface area contributed by atoms with E-state index in [1.165, 1.54) is 31.2 Å². The highest BCUT2D eigenvalue weighted by Crippen LogP contribution is 2.44. The molecule has 29 heavy (non-hydrogen) atoms.